The molecule has 0 spiro atoms. The zero-order valence-electron chi connectivity index (χ0n) is 11.4. The molecule has 1 saturated heterocycles. The summed E-state index contributed by atoms with van der Waals surface area (Å²) in [7, 11) is 0. The molecule has 1 aliphatic heterocycles. The molecule has 0 N–H and O–H groups in total. The maximum atomic E-state index is 4.28. The fourth-order valence-electron chi connectivity index (χ4n) is 2.01. The van der Waals surface area contributed by atoms with E-state index in [1.165, 1.54) is 12.8 Å². The SMILES string of the molecule is C/C(=N/N=C(\[Se])N1CCC(C)CC1)c1ccccn1. The maximum absolute atomic E-state index is 4.28. The van der Waals surface area contributed by atoms with E-state index in [1.807, 2.05) is 25.1 Å². The van der Waals surface area contributed by atoms with E-state index in [0.717, 1.165) is 35.1 Å². The summed E-state index contributed by atoms with van der Waals surface area (Å²) in [6.07, 6.45) is 4.22. The molecule has 0 amide bonds. The molecule has 0 unspecified atom stereocenters. The van der Waals surface area contributed by atoms with Crippen LogP contribution >= 0.6 is 0 Å². The summed E-state index contributed by atoms with van der Waals surface area (Å²) in [6.45, 7) is 6.35. The van der Waals surface area contributed by atoms with Crippen LogP contribution < -0.4 is 0 Å². The fraction of sp³-hybridized carbons (Fsp3) is 0.500. The van der Waals surface area contributed by atoms with Crippen molar-refractivity contribution in [3.05, 3.63) is 30.1 Å². The topological polar surface area (TPSA) is 40.9 Å². The first-order valence-electron chi connectivity index (χ1n) is 6.62. The van der Waals surface area contributed by atoms with Crippen molar-refractivity contribution in [2.45, 2.75) is 26.7 Å². The van der Waals surface area contributed by atoms with Gasteiger partial charge in [-0.3, -0.25) is 0 Å². The first-order chi connectivity index (χ1) is 9.16. The zero-order valence-corrected chi connectivity index (χ0v) is 13.1. The Morgan fingerprint density at radius 1 is 1.32 bits per heavy atom. The van der Waals surface area contributed by atoms with E-state index in [-0.39, 0.29) is 0 Å². The molecule has 1 radical (unpaired) electrons. The minimum atomic E-state index is 0.822. The Bertz CT molecular complexity index is 462. The molecule has 1 fully saturated rings. The van der Waals surface area contributed by atoms with Gasteiger partial charge >= 0.3 is 122 Å². The monoisotopic (exact) mass is 323 g/mol. The number of hydrogen-bond acceptors (Lipinski definition) is 3. The molecule has 2 rings (SSSR count). The van der Waals surface area contributed by atoms with E-state index in [9.17, 15) is 0 Å². The average molecular weight is 322 g/mol. The predicted octanol–water partition coefficient (Wildman–Crippen LogP) is 2.06. The van der Waals surface area contributed by atoms with Gasteiger partial charge in [0, 0.05) is 0 Å². The number of pyridine rings is 1. The summed E-state index contributed by atoms with van der Waals surface area (Å²) in [5, 5.41) is 8.54. The van der Waals surface area contributed by atoms with E-state index < -0.39 is 0 Å². The number of piperidine rings is 1. The minimum absolute atomic E-state index is 0.822. The van der Waals surface area contributed by atoms with Crippen LogP contribution in [0.1, 0.15) is 32.4 Å². The van der Waals surface area contributed by atoms with Crippen molar-refractivity contribution < 1.29 is 0 Å². The molecule has 5 heteroatoms. The molecular weight excluding hydrogens is 303 g/mol. The normalized spacial score (nSPS) is 18.7. The summed E-state index contributed by atoms with van der Waals surface area (Å²) in [5.74, 6) is 0.822. The third-order valence-electron chi connectivity index (χ3n) is 3.38. The molecule has 1 aliphatic rings. The van der Waals surface area contributed by atoms with Crippen molar-refractivity contribution in [3.8, 4) is 0 Å². The van der Waals surface area contributed by atoms with E-state index in [4.69, 9.17) is 0 Å². The second-order valence-electron chi connectivity index (χ2n) is 4.95. The summed E-state index contributed by atoms with van der Waals surface area (Å²) >= 11 is 3.02. The van der Waals surface area contributed by atoms with Crippen LogP contribution in [0, 0.1) is 5.92 Å². The van der Waals surface area contributed by atoms with Gasteiger partial charge in [-0.2, -0.15) is 0 Å². The van der Waals surface area contributed by atoms with Gasteiger partial charge in [0.15, 0.2) is 0 Å². The Morgan fingerprint density at radius 2 is 2.05 bits per heavy atom. The van der Waals surface area contributed by atoms with Gasteiger partial charge in [0.05, 0.1) is 0 Å². The van der Waals surface area contributed by atoms with E-state index in [1.54, 1.807) is 6.20 Å². The number of nitrogens with zero attached hydrogens (tertiary/aromatic N) is 4. The Hall–Kier alpha value is -1.19. The van der Waals surface area contributed by atoms with Crippen molar-refractivity contribution in [1.29, 1.82) is 0 Å². The van der Waals surface area contributed by atoms with Crippen LogP contribution in [0.2, 0.25) is 0 Å². The van der Waals surface area contributed by atoms with Crippen LogP contribution in [0.4, 0.5) is 0 Å². The Balaban J connectivity index is 2.01. The Labute approximate surface area is 122 Å². The first-order valence-corrected chi connectivity index (χ1v) is 7.48. The van der Waals surface area contributed by atoms with Crippen LogP contribution in [0.3, 0.4) is 0 Å². The van der Waals surface area contributed by atoms with Crippen molar-refractivity contribution in [3.63, 3.8) is 0 Å². The standard InChI is InChI=1S/C14H19N4Se/c1-11-6-9-18(10-7-11)14(19)17-16-12(2)13-5-3-4-8-15-13/h3-5,8,11H,6-7,9-10H2,1-2H3/b16-12-,17-14-. The molecule has 0 aromatic carbocycles. The number of likely N-dealkylation sites (tertiary alicyclic amines) is 1. The van der Waals surface area contributed by atoms with Gasteiger partial charge in [0.2, 0.25) is 0 Å². The summed E-state index contributed by atoms with van der Waals surface area (Å²) in [5.41, 5.74) is 1.70. The molecule has 1 aromatic rings. The summed E-state index contributed by atoms with van der Waals surface area (Å²) in [6, 6.07) is 5.79. The van der Waals surface area contributed by atoms with Crippen molar-refractivity contribution in [2.24, 2.45) is 16.1 Å². The third-order valence-corrected chi connectivity index (χ3v) is 4.09. The van der Waals surface area contributed by atoms with Gasteiger partial charge in [0.1, 0.15) is 0 Å². The van der Waals surface area contributed by atoms with Crippen LogP contribution in [0.15, 0.2) is 34.6 Å². The molecule has 19 heavy (non-hydrogen) atoms. The average Bonchev–Trinajstić information content (AvgIpc) is 2.46. The second kappa shape index (κ2) is 6.83. The summed E-state index contributed by atoms with van der Waals surface area (Å²) < 4.78 is 0.877. The van der Waals surface area contributed by atoms with Gasteiger partial charge in [-0.05, 0) is 0 Å². The van der Waals surface area contributed by atoms with Crippen LogP contribution in [0.25, 0.3) is 0 Å². The molecular formula is C14H19N4Se. The summed E-state index contributed by atoms with van der Waals surface area (Å²) in [4.78, 5) is 6.51. The van der Waals surface area contributed by atoms with Crippen molar-refractivity contribution in [1.82, 2.24) is 9.88 Å². The van der Waals surface area contributed by atoms with Gasteiger partial charge in [0.25, 0.3) is 0 Å². The third kappa shape index (κ3) is 4.15. The van der Waals surface area contributed by atoms with Crippen LogP contribution in [-0.4, -0.2) is 49.4 Å². The number of aromatic nitrogens is 1. The molecule has 0 bridgehead atoms. The number of rotatable bonds is 2. The van der Waals surface area contributed by atoms with Gasteiger partial charge < -0.3 is 0 Å². The van der Waals surface area contributed by atoms with Gasteiger partial charge in [-0.1, -0.05) is 0 Å². The van der Waals surface area contributed by atoms with Crippen molar-refractivity contribution in [2.75, 3.05) is 13.1 Å². The van der Waals surface area contributed by atoms with E-state index in [2.05, 4.69) is 43.0 Å². The molecule has 0 aliphatic carbocycles. The number of amidine groups is 1. The predicted molar refractivity (Wildman–Crippen MR) is 79.6 cm³/mol. The van der Waals surface area contributed by atoms with Gasteiger partial charge in [-0.25, -0.2) is 0 Å². The molecule has 0 atom stereocenters. The Morgan fingerprint density at radius 3 is 2.68 bits per heavy atom. The molecule has 101 valence electrons. The van der Waals surface area contributed by atoms with Gasteiger partial charge in [-0.15, -0.1) is 0 Å². The van der Waals surface area contributed by atoms with Crippen molar-refractivity contribution >= 4 is 26.5 Å². The molecule has 1 aromatic heterocycles. The zero-order chi connectivity index (χ0) is 13.7. The Kier molecular flexibility index (Phi) is 5.11. The first kappa shape index (κ1) is 14.2. The number of hydrogen-bond donors (Lipinski definition) is 0. The molecule has 2 heterocycles. The van der Waals surface area contributed by atoms with Crippen LogP contribution in [0.5, 0.6) is 0 Å². The quantitative estimate of drug-likeness (QED) is 0.362. The molecule has 0 saturated carbocycles. The fourth-order valence-corrected chi connectivity index (χ4v) is 2.48. The van der Waals surface area contributed by atoms with E-state index >= 15 is 0 Å². The second-order valence-corrected chi connectivity index (χ2v) is 5.72. The molecule has 4 nitrogen and oxygen atoms in total. The van der Waals surface area contributed by atoms with E-state index in [0.29, 0.717) is 0 Å². The van der Waals surface area contributed by atoms with Crippen LogP contribution in [-0.2, 0) is 0 Å².